The summed E-state index contributed by atoms with van der Waals surface area (Å²) in [6.45, 7) is 10.2. The van der Waals surface area contributed by atoms with Gasteiger partial charge in [-0.25, -0.2) is 4.79 Å². The fourth-order valence-corrected chi connectivity index (χ4v) is 5.11. The molecule has 19 heteroatoms. The third kappa shape index (κ3) is 26.7. The zero-order valence-electron chi connectivity index (χ0n) is 35.8. The van der Waals surface area contributed by atoms with E-state index < -0.39 is 17.7 Å². The van der Waals surface area contributed by atoms with Crippen LogP contribution in [0.3, 0.4) is 0 Å². The Balaban J connectivity index is 0.970. The zero-order valence-corrected chi connectivity index (χ0v) is 35.8. The number of amides is 1. The van der Waals surface area contributed by atoms with Crippen LogP contribution in [-0.2, 0) is 63.1 Å². The molecule has 0 aliphatic carbocycles. The van der Waals surface area contributed by atoms with Crippen LogP contribution < -0.4 is 15.4 Å². The van der Waals surface area contributed by atoms with Crippen molar-refractivity contribution in [1.29, 1.82) is 0 Å². The van der Waals surface area contributed by atoms with E-state index in [-0.39, 0.29) is 30.4 Å². The van der Waals surface area contributed by atoms with E-state index in [0.717, 1.165) is 17.8 Å². The number of hydrogen-bond donors (Lipinski definition) is 2. The molecule has 352 valence electrons. The third-order valence-corrected chi connectivity index (χ3v) is 8.10. The van der Waals surface area contributed by atoms with Gasteiger partial charge in [0.1, 0.15) is 19.0 Å². The molecule has 0 unspecified atom stereocenters. The molecule has 0 heterocycles. The first kappa shape index (κ1) is 52.9. The largest absolute Gasteiger partial charge is 0.491 e. The molecule has 3 aromatic rings. The second-order valence-electron chi connectivity index (χ2n) is 13.1. The van der Waals surface area contributed by atoms with E-state index in [4.69, 9.17) is 56.8 Å². The number of halogens is 3. The summed E-state index contributed by atoms with van der Waals surface area (Å²) in [6, 6.07) is 18.2. The van der Waals surface area contributed by atoms with Crippen LogP contribution in [0.25, 0.3) is 0 Å². The predicted octanol–water partition coefficient (Wildman–Crippen LogP) is 5.81. The maximum absolute atomic E-state index is 13.1. The number of para-hydroxylation sites is 1. The van der Waals surface area contributed by atoms with Crippen LogP contribution in [0.4, 0.5) is 30.2 Å². The molecule has 16 nitrogen and oxygen atoms in total. The summed E-state index contributed by atoms with van der Waals surface area (Å²) in [7, 11) is 0. The van der Waals surface area contributed by atoms with Crippen LogP contribution in [0, 0.1) is 0 Å². The van der Waals surface area contributed by atoms with Crippen LogP contribution in [0.15, 0.2) is 72.8 Å². The van der Waals surface area contributed by atoms with Crippen molar-refractivity contribution >= 4 is 28.9 Å². The minimum atomic E-state index is -4.48. The molecular weight excluding hydrogens is 837 g/mol. The molecule has 0 fully saturated rings. The van der Waals surface area contributed by atoms with Gasteiger partial charge in [-0.2, -0.15) is 13.2 Å². The molecule has 0 radical (unpaired) electrons. The maximum atomic E-state index is 13.1. The van der Waals surface area contributed by atoms with Crippen molar-refractivity contribution in [2.75, 3.05) is 156 Å². The molecule has 0 bridgehead atoms. The highest BCUT2D eigenvalue weighted by Crippen LogP contribution is 2.32. The number of carbonyl (C=O) groups is 2. The van der Waals surface area contributed by atoms with Gasteiger partial charge in [0.25, 0.3) is 0 Å². The topological polar surface area (TPSA) is 169 Å². The predicted molar refractivity (Wildman–Crippen MR) is 226 cm³/mol. The van der Waals surface area contributed by atoms with Crippen molar-refractivity contribution in [2.45, 2.75) is 13.1 Å². The highest BCUT2D eigenvalue weighted by atomic mass is 19.4. The first-order valence-electron chi connectivity index (χ1n) is 20.7. The van der Waals surface area contributed by atoms with E-state index in [9.17, 15) is 22.8 Å². The van der Waals surface area contributed by atoms with Gasteiger partial charge in [-0.1, -0.05) is 18.2 Å². The Morgan fingerprint density at radius 2 is 0.889 bits per heavy atom. The molecule has 3 aromatic carbocycles. The minimum absolute atomic E-state index is 0.00866. The van der Waals surface area contributed by atoms with E-state index >= 15 is 0 Å². The summed E-state index contributed by atoms with van der Waals surface area (Å²) < 4.78 is 105. The zero-order chi connectivity index (χ0) is 45.1. The van der Waals surface area contributed by atoms with E-state index in [1.54, 1.807) is 42.5 Å². The third-order valence-electron chi connectivity index (χ3n) is 8.10. The fraction of sp³-hybridized carbons (Fsp3) is 0.545. The lowest BCUT2D eigenvalue weighted by molar-refractivity contribution is -0.137. The molecule has 0 aliphatic heterocycles. The van der Waals surface area contributed by atoms with Crippen molar-refractivity contribution in [2.24, 2.45) is 0 Å². The smallest absolute Gasteiger partial charge is 0.416 e. The number of rotatable bonds is 38. The molecule has 1 amide bonds. The van der Waals surface area contributed by atoms with Gasteiger partial charge < -0.3 is 67.5 Å². The number of benzene rings is 3. The maximum Gasteiger partial charge on any atom is 0.416 e. The van der Waals surface area contributed by atoms with Gasteiger partial charge in [0.2, 0.25) is 5.91 Å². The van der Waals surface area contributed by atoms with Gasteiger partial charge in [0, 0.05) is 18.3 Å². The number of carbonyl (C=O) groups excluding carboxylic acids is 2. The summed E-state index contributed by atoms with van der Waals surface area (Å²) in [5.41, 5.74) is 0.610. The van der Waals surface area contributed by atoms with E-state index in [1.165, 1.54) is 25.1 Å². The number of alkyl halides is 3. The molecular formula is C44H61F3N2O14. The highest BCUT2D eigenvalue weighted by Gasteiger charge is 2.30. The van der Waals surface area contributed by atoms with Crippen molar-refractivity contribution in [3.05, 3.63) is 83.9 Å². The van der Waals surface area contributed by atoms with Crippen molar-refractivity contribution in [1.82, 2.24) is 0 Å². The quantitative estimate of drug-likeness (QED) is 0.0522. The minimum Gasteiger partial charge on any atom is -0.491 e. The summed E-state index contributed by atoms with van der Waals surface area (Å²) in [4.78, 5) is 23.7. The van der Waals surface area contributed by atoms with Crippen LogP contribution in [0.1, 0.15) is 22.8 Å². The Morgan fingerprint density at radius 1 is 0.476 bits per heavy atom. The molecule has 0 saturated heterocycles. The molecule has 0 aromatic heterocycles. The molecule has 0 saturated carbocycles. The van der Waals surface area contributed by atoms with Crippen LogP contribution in [0.5, 0.6) is 5.75 Å². The summed E-state index contributed by atoms with van der Waals surface area (Å²) in [5, 5.41) is 5.56. The standard InChI is InChI=1S/C44H61F3N2O14/c1-36(50)48-38-9-11-40(12-10-38)62-33-31-60-29-27-58-25-23-56-21-19-54-17-15-52-13-14-53-16-18-55-20-22-57-24-26-59-28-30-61-32-34-63-43(51)41-7-2-3-8-42(41)49-39-6-4-5-37(35-39)44(45,46)47/h2-12,35,49H,13-34H2,1H3,(H,48,50). The Kier molecular flexibility index (Phi) is 28.6. The molecule has 63 heavy (non-hydrogen) atoms. The average Bonchev–Trinajstić information content (AvgIpc) is 3.26. The van der Waals surface area contributed by atoms with E-state index in [0.29, 0.717) is 144 Å². The van der Waals surface area contributed by atoms with Gasteiger partial charge in [-0.05, 0) is 54.6 Å². The summed E-state index contributed by atoms with van der Waals surface area (Å²) in [6.07, 6.45) is -4.48. The summed E-state index contributed by atoms with van der Waals surface area (Å²) >= 11 is 0. The lowest BCUT2D eigenvalue weighted by atomic mass is 10.1. The van der Waals surface area contributed by atoms with Crippen molar-refractivity contribution in [3.63, 3.8) is 0 Å². The highest BCUT2D eigenvalue weighted by molar-refractivity contribution is 5.96. The second-order valence-corrected chi connectivity index (χ2v) is 13.1. The van der Waals surface area contributed by atoms with Gasteiger partial charge in [0.15, 0.2) is 0 Å². The van der Waals surface area contributed by atoms with Gasteiger partial charge in [0.05, 0.1) is 149 Å². The van der Waals surface area contributed by atoms with Crippen LogP contribution in [0.2, 0.25) is 0 Å². The number of ether oxygens (including phenoxy) is 12. The molecule has 0 atom stereocenters. The summed E-state index contributed by atoms with van der Waals surface area (Å²) in [5.74, 6) is -0.0525. The number of hydrogen-bond acceptors (Lipinski definition) is 15. The number of anilines is 3. The average molecular weight is 899 g/mol. The fourth-order valence-electron chi connectivity index (χ4n) is 5.11. The Morgan fingerprint density at radius 3 is 1.32 bits per heavy atom. The molecule has 3 rings (SSSR count). The molecule has 0 spiro atoms. The number of nitrogens with one attached hydrogen (secondary N) is 2. The van der Waals surface area contributed by atoms with Crippen molar-refractivity contribution in [3.8, 4) is 5.75 Å². The monoisotopic (exact) mass is 898 g/mol. The first-order valence-corrected chi connectivity index (χ1v) is 20.7. The van der Waals surface area contributed by atoms with E-state index in [1.807, 2.05) is 0 Å². The molecule has 2 N–H and O–H groups in total. The lowest BCUT2D eigenvalue weighted by Crippen LogP contribution is -2.16. The first-order chi connectivity index (χ1) is 30.7. The van der Waals surface area contributed by atoms with E-state index in [2.05, 4.69) is 10.6 Å². The van der Waals surface area contributed by atoms with Gasteiger partial charge in [-0.3, -0.25) is 4.79 Å². The number of esters is 1. The molecule has 0 aliphatic rings. The van der Waals surface area contributed by atoms with Crippen LogP contribution >= 0.6 is 0 Å². The SMILES string of the molecule is CC(=O)Nc1ccc(OCCOCCOCCOCCOCCOCCOCCOCCOCCOCCOCCOC(=O)c2ccccc2Nc2cccc(C(F)(F)F)c2)cc1. The Hall–Kier alpha value is -4.41. The lowest BCUT2D eigenvalue weighted by Gasteiger charge is -2.13. The van der Waals surface area contributed by atoms with Gasteiger partial charge in [-0.15, -0.1) is 0 Å². The second kappa shape index (κ2) is 34.1. The Labute approximate surface area is 366 Å². The normalized spacial score (nSPS) is 11.4. The van der Waals surface area contributed by atoms with Crippen molar-refractivity contribution < 1.29 is 79.6 Å². The Bertz CT molecular complexity index is 1640. The van der Waals surface area contributed by atoms with Gasteiger partial charge >= 0.3 is 12.1 Å². The van der Waals surface area contributed by atoms with Crippen LogP contribution in [-0.4, -0.2) is 157 Å².